The summed E-state index contributed by atoms with van der Waals surface area (Å²) in [7, 11) is 1.74. The Balaban J connectivity index is 2.83. The molecular formula is C9H17O. The fourth-order valence-corrected chi connectivity index (χ4v) is 0.744. The van der Waals surface area contributed by atoms with Gasteiger partial charge in [0.1, 0.15) is 0 Å². The van der Waals surface area contributed by atoms with Gasteiger partial charge in [0.2, 0.25) is 0 Å². The van der Waals surface area contributed by atoms with Crippen LogP contribution < -0.4 is 0 Å². The van der Waals surface area contributed by atoms with E-state index in [2.05, 4.69) is 19.1 Å². The molecule has 0 aromatic rings. The van der Waals surface area contributed by atoms with Gasteiger partial charge in [0, 0.05) is 13.7 Å². The molecule has 0 spiro atoms. The van der Waals surface area contributed by atoms with Crippen molar-refractivity contribution in [3.63, 3.8) is 0 Å². The Labute approximate surface area is 64.1 Å². The smallest absolute Gasteiger partial charge is 0.0462 e. The van der Waals surface area contributed by atoms with Gasteiger partial charge in [-0.05, 0) is 32.6 Å². The second-order valence-corrected chi connectivity index (χ2v) is 2.25. The maximum Gasteiger partial charge on any atom is 0.0462 e. The first-order chi connectivity index (χ1) is 4.91. The van der Waals surface area contributed by atoms with Gasteiger partial charge in [-0.1, -0.05) is 12.2 Å². The Morgan fingerprint density at radius 2 is 2.10 bits per heavy atom. The van der Waals surface area contributed by atoms with Crippen molar-refractivity contribution in [2.24, 2.45) is 0 Å². The number of ether oxygens (including phenoxy) is 1. The van der Waals surface area contributed by atoms with Crippen LogP contribution in [0.2, 0.25) is 0 Å². The molecule has 0 rings (SSSR count). The van der Waals surface area contributed by atoms with Crippen molar-refractivity contribution in [2.45, 2.75) is 25.7 Å². The third kappa shape index (κ3) is 7.70. The Morgan fingerprint density at radius 3 is 2.70 bits per heavy atom. The van der Waals surface area contributed by atoms with Crippen molar-refractivity contribution < 1.29 is 4.74 Å². The van der Waals surface area contributed by atoms with Crippen LogP contribution >= 0.6 is 0 Å². The van der Waals surface area contributed by atoms with Crippen LogP contribution in [0.1, 0.15) is 25.7 Å². The van der Waals surface area contributed by atoms with Crippen molar-refractivity contribution in [2.75, 3.05) is 13.7 Å². The highest BCUT2D eigenvalue weighted by Gasteiger charge is 1.82. The lowest BCUT2D eigenvalue weighted by molar-refractivity contribution is 0.193. The van der Waals surface area contributed by atoms with E-state index < -0.39 is 0 Å². The number of rotatable bonds is 6. The molecule has 1 heteroatoms. The fourth-order valence-electron chi connectivity index (χ4n) is 0.744. The van der Waals surface area contributed by atoms with Gasteiger partial charge in [0.05, 0.1) is 0 Å². The molecule has 0 heterocycles. The Kier molecular flexibility index (Phi) is 8.44. The largest absolute Gasteiger partial charge is 0.385 e. The van der Waals surface area contributed by atoms with Crippen LogP contribution in [0.3, 0.4) is 0 Å². The molecule has 1 nitrogen and oxygen atoms in total. The summed E-state index contributed by atoms with van der Waals surface area (Å²) in [6.45, 7) is 4.60. The summed E-state index contributed by atoms with van der Waals surface area (Å²) >= 11 is 0. The molecule has 1 radical (unpaired) electrons. The first-order valence-corrected chi connectivity index (χ1v) is 3.85. The topological polar surface area (TPSA) is 9.23 Å². The molecule has 0 unspecified atom stereocenters. The minimum atomic E-state index is 0.887. The zero-order chi connectivity index (χ0) is 7.66. The monoisotopic (exact) mass is 141 g/mol. The number of methoxy groups -OCH3 is 1. The van der Waals surface area contributed by atoms with Gasteiger partial charge in [-0.15, -0.1) is 0 Å². The van der Waals surface area contributed by atoms with E-state index in [1.165, 1.54) is 12.8 Å². The van der Waals surface area contributed by atoms with Gasteiger partial charge in [-0.25, -0.2) is 0 Å². The summed E-state index contributed by atoms with van der Waals surface area (Å²) in [6, 6.07) is 0. The summed E-state index contributed by atoms with van der Waals surface area (Å²) in [5, 5.41) is 0. The molecule has 0 aromatic heterocycles. The van der Waals surface area contributed by atoms with E-state index in [1.54, 1.807) is 7.11 Å². The minimum Gasteiger partial charge on any atom is -0.385 e. The number of hydrogen-bond acceptors (Lipinski definition) is 1. The summed E-state index contributed by atoms with van der Waals surface area (Å²) in [5.41, 5.74) is 0. The van der Waals surface area contributed by atoms with Crippen LogP contribution in [0.25, 0.3) is 0 Å². The second kappa shape index (κ2) is 8.70. The van der Waals surface area contributed by atoms with Gasteiger partial charge in [0.25, 0.3) is 0 Å². The number of hydrogen-bond donors (Lipinski definition) is 0. The van der Waals surface area contributed by atoms with Crippen molar-refractivity contribution >= 4 is 0 Å². The first kappa shape index (κ1) is 9.70. The van der Waals surface area contributed by atoms with Crippen molar-refractivity contribution in [1.29, 1.82) is 0 Å². The molecule has 0 N–H and O–H groups in total. The average Bonchev–Trinajstić information content (AvgIpc) is 1.97. The summed E-state index contributed by atoms with van der Waals surface area (Å²) < 4.78 is 4.91. The molecule has 0 aromatic carbocycles. The highest BCUT2D eigenvalue weighted by molar-refractivity contribution is 4.81. The normalized spacial score (nSPS) is 11.0. The van der Waals surface area contributed by atoms with Crippen LogP contribution in [-0.2, 0) is 4.74 Å². The second-order valence-electron chi connectivity index (χ2n) is 2.25. The maximum atomic E-state index is 4.91. The molecule has 59 valence electrons. The Morgan fingerprint density at radius 1 is 1.30 bits per heavy atom. The Hall–Kier alpha value is -0.300. The first-order valence-electron chi connectivity index (χ1n) is 3.85. The maximum absolute atomic E-state index is 4.91. The third-order valence-corrected chi connectivity index (χ3v) is 1.30. The van der Waals surface area contributed by atoms with E-state index >= 15 is 0 Å². The molecule has 0 saturated carbocycles. The van der Waals surface area contributed by atoms with Crippen LogP contribution in [-0.4, -0.2) is 13.7 Å². The fraction of sp³-hybridized carbons (Fsp3) is 0.667. The Bertz CT molecular complexity index is 76.8. The van der Waals surface area contributed by atoms with Crippen LogP contribution in [0.4, 0.5) is 0 Å². The molecule has 0 saturated heterocycles. The van der Waals surface area contributed by atoms with Crippen molar-refractivity contribution in [3.05, 3.63) is 19.1 Å². The van der Waals surface area contributed by atoms with Crippen molar-refractivity contribution in [1.82, 2.24) is 0 Å². The van der Waals surface area contributed by atoms with E-state index in [1.807, 2.05) is 0 Å². The predicted molar refractivity (Wildman–Crippen MR) is 44.8 cm³/mol. The van der Waals surface area contributed by atoms with Crippen LogP contribution in [0, 0.1) is 6.92 Å². The van der Waals surface area contributed by atoms with Crippen LogP contribution in [0.5, 0.6) is 0 Å². The molecule has 0 atom stereocenters. The van der Waals surface area contributed by atoms with Crippen LogP contribution in [0.15, 0.2) is 12.2 Å². The number of unbranched alkanes of at least 4 members (excludes halogenated alkanes) is 2. The highest BCUT2D eigenvalue weighted by Crippen LogP contribution is 1.96. The lowest BCUT2D eigenvalue weighted by atomic mass is 10.2. The average molecular weight is 141 g/mol. The molecule has 0 amide bonds. The summed E-state index contributed by atoms with van der Waals surface area (Å²) in [5.74, 6) is 0. The van der Waals surface area contributed by atoms with E-state index in [0.717, 1.165) is 19.4 Å². The molecule has 0 aliphatic rings. The predicted octanol–water partition coefficient (Wildman–Crippen LogP) is 2.58. The van der Waals surface area contributed by atoms with Gasteiger partial charge >= 0.3 is 0 Å². The van der Waals surface area contributed by atoms with Gasteiger partial charge < -0.3 is 4.74 Å². The SMILES string of the molecule is [CH2]CC=CCCCCOC. The lowest BCUT2D eigenvalue weighted by Crippen LogP contribution is -1.86. The molecule has 10 heavy (non-hydrogen) atoms. The standard InChI is InChI=1S/C9H17O/c1-3-4-5-6-7-8-9-10-2/h4-5H,1,3,6-9H2,2H3. The number of allylic oxidation sites excluding steroid dienone is 2. The zero-order valence-electron chi connectivity index (χ0n) is 6.81. The van der Waals surface area contributed by atoms with Gasteiger partial charge in [-0.3, -0.25) is 0 Å². The van der Waals surface area contributed by atoms with Gasteiger partial charge in [0.15, 0.2) is 0 Å². The molecule has 0 bridgehead atoms. The van der Waals surface area contributed by atoms with Crippen molar-refractivity contribution in [3.8, 4) is 0 Å². The molecule has 0 aliphatic carbocycles. The lowest BCUT2D eigenvalue weighted by Gasteiger charge is -1.94. The molecule has 0 fully saturated rings. The summed E-state index contributed by atoms with van der Waals surface area (Å²) in [4.78, 5) is 0. The molecule has 0 aliphatic heterocycles. The van der Waals surface area contributed by atoms with Gasteiger partial charge in [-0.2, -0.15) is 0 Å². The minimum absolute atomic E-state index is 0.887. The van der Waals surface area contributed by atoms with E-state index in [4.69, 9.17) is 4.74 Å². The van der Waals surface area contributed by atoms with E-state index in [-0.39, 0.29) is 0 Å². The van der Waals surface area contributed by atoms with E-state index in [9.17, 15) is 0 Å². The highest BCUT2D eigenvalue weighted by atomic mass is 16.5. The summed E-state index contributed by atoms with van der Waals surface area (Å²) in [6.07, 6.45) is 8.75. The van der Waals surface area contributed by atoms with E-state index in [0.29, 0.717) is 0 Å². The zero-order valence-corrected chi connectivity index (χ0v) is 6.81. The quantitative estimate of drug-likeness (QED) is 0.408. The molecular weight excluding hydrogens is 124 g/mol. The third-order valence-electron chi connectivity index (χ3n) is 1.30.